The summed E-state index contributed by atoms with van der Waals surface area (Å²) in [5.41, 5.74) is 0.985. The van der Waals surface area contributed by atoms with E-state index >= 15 is 0 Å². The number of carbonyl (C=O) groups is 3. The van der Waals surface area contributed by atoms with Gasteiger partial charge in [-0.15, -0.1) is 0 Å². The average molecular weight is 451 g/mol. The Morgan fingerprint density at radius 1 is 1.12 bits per heavy atom. The number of urea groups is 1. The number of esters is 1. The van der Waals surface area contributed by atoms with E-state index in [-0.39, 0.29) is 0 Å². The van der Waals surface area contributed by atoms with E-state index in [1.807, 2.05) is 0 Å². The van der Waals surface area contributed by atoms with Gasteiger partial charge in [0.25, 0.3) is 5.91 Å². The highest BCUT2D eigenvalue weighted by Gasteiger charge is 2.56. The van der Waals surface area contributed by atoms with Crippen molar-refractivity contribution in [2.24, 2.45) is 4.99 Å². The molecule has 1 aromatic rings. The first-order valence-electron chi connectivity index (χ1n) is 9.64. The molecule has 1 aromatic carbocycles. The van der Waals surface area contributed by atoms with Crippen molar-refractivity contribution < 1.29 is 32.3 Å². The summed E-state index contributed by atoms with van der Waals surface area (Å²) < 4.78 is 43.5. The summed E-state index contributed by atoms with van der Waals surface area (Å²) in [7, 11) is 2.63. The van der Waals surface area contributed by atoms with Crippen molar-refractivity contribution >= 4 is 29.6 Å². The van der Waals surface area contributed by atoms with E-state index in [1.165, 1.54) is 24.1 Å². The summed E-state index contributed by atoms with van der Waals surface area (Å²) in [6.45, 7) is 2.98. The normalized spacial score (nSPS) is 23.0. The Morgan fingerprint density at radius 3 is 2.31 bits per heavy atom. The molecule has 3 aliphatic rings. The van der Waals surface area contributed by atoms with Gasteiger partial charge in [0.15, 0.2) is 12.2 Å². The maximum absolute atomic E-state index is 13.2. The zero-order chi connectivity index (χ0) is 23.5. The van der Waals surface area contributed by atoms with Gasteiger partial charge in [0.05, 0.1) is 12.7 Å². The van der Waals surface area contributed by atoms with Gasteiger partial charge in [-0.2, -0.15) is 13.2 Å². The summed E-state index contributed by atoms with van der Waals surface area (Å²) >= 11 is 0. The van der Waals surface area contributed by atoms with Crippen molar-refractivity contribution in [3.05, 3.63) is 41.2 Å². The molecule has 0 aromatic heterocycles. The number of imide groups is 1. The lowest BCUT2D eigenvalue weighted by molar-refractivity contribution is -0.148. The molecule has 2 atom stereocenters. The lowest BCUT2D eigenvalue weighted by Crippen LogP contribution is -2.65. The zero-order valence-corrected chi connectivity index (χ0v) is 17.7. The van der Waals surface area contributed by atoms with E-state index in [9.17, 15) is 27.6 Å². The molecule has 3 aliphatic heterocycles. The predicted molar refractivity (Wildman–Crippen MR) is 106 cm³/mol. The van der Waals surface area contributed by atoms with Crippen LogP contribution in [0.15, 0.2) is 40.7 Å². The number of alkyl halides is 3. The molecule has 0 bridgehead atoms. The number of methoxy groups -OCH3 is 1. The minimum atomic E-state index is -4.46. The fourth-order valence-electron chi connectivity index (χ4n) is 4.06. The third-order valence-corrected chi connectivity index (χ3v) is 5.86. The molecular formula is C20H20F3N5O4. The van der Waals surface area contributed by atoms with Crippen LogP contribution in [-0.2, 0) is 20.5 Å². The van der Waals surface area contributed by atoms with E-state index in [1.54, 1.807) is 23.6 Å². The van der Waals surface area contributed by atoms with Crippen molar-refractivity contribution in [3.63, 3.8) is 0 Å². The van der Waals surface area contributed by atoms with E-state index in [2.05, 4.69) is 9.73 Å². The highest BCUT2D eigenvalue weighted by atomic mass is 19.4. The van der Waals surface area contributed by atoms with E-state index < -0.39 is 48.4 Å². The topological polar surface area (TPSA) is 85.8 Å². The number of rotatable bonds is 3. The van der Waals surface area contributed by atoms with Crippen LogP contribution in [0, 0.1) is 0 Å². The molecule has 0 radical (unpaired) electrons. The van der Waals surface area contributed by atoms with Gasteiger partial charge in [0.1, 0.15) is 6.54 Å². The van der Waals surface area contributed by atoms with Crippen molar-refractivity contribution in [2.75, 3.05) is 25.6 Å². The first kappa shape index (κ1) is 21.7. The quantitative estimate of drug-likeness (QED) is 0.656. The number of aliphatic imine (C=N–C) groups is 1. The molecule has 0 spiro atoms. The smallest absolute Gasteiger partial charge is 0.416 e. The van der Waals surface area contributed by atoms with Crippen LogP contribution in [0.2, 0.25) is 0 Å². The summed E-state index contributed by atoms with van der Waals surface area (Å²) in [6, 6.07) is 3.00. The number of amides is 3. The van der Waals surface area contributed by atoms with Crippen LogP contribution >= 0.6 is 0 Å². The molecule has 0 aliphatic carbocycles. The van der Waals surface area contributed by atoms with Gasteiger partial charge >= 0.3 is 18.2 Å². The lowest BCUT2D eigenvalue weighted by atomic mass is 10.1. The minimum Gasteiger partial charge on any atom is -0.468 e. The number of carbonyl (C=O) groups excluding carboxylic acids is 3. The fraction of sp³-hybridized carbons (Fsp3) is 0.400. The monoisotopic (exact) mass is 451 g/mol. The number of hydrogen-bond acceptors (Lipinski definition) is 7. The molecule has 9 nitrogen and oxygen atoms in total. The number of allylic oxidation sites excluding steroid dienone is 2. The van der Waals surface area contributed by atoms with Crippen molar-refractivity contribution in [3.8, 4) is 0 Å². The minimum absolute atomic E-state index is 0.322. The molecule has 170 valence electrons. The molecule has 32 heavy (non-hydrogen) atoms. The molecule has 1 saturated heterocycles. The zero-order valence-electron chi connectivity index (χ0n) is 17.7. The van der Waals surface area contributed by atoms with Crippen LogP contribution < -0.4 is 4.90 Å². The third-order valence-electron chi connectivity index (χ3n) is 5.86. The Kier molecular flexibility index (Phi) is 4.90. The molecule has 4 rings (SSSR count). The molecule has 2 unspecified atom stereocenters. The van der Waals surface area contributed by atoms with Gasteiger partial charge in [0, 0.05) is 24.1 Å². The maximum atomic E-state index is 13.2. The number of ether oxygens (including phenoxy) is 1. The fourth-order valence-corrected chi connectivity index (χ4v) is 4.06. The highest BCUT2D eigenvalue weighted by molar-refractivity contribution is 6.11. The van der Waals surface area contributed by atoms with Gasteiger partial charge in [-0.1, -0.05) is 0 Å². The van der Waals surface area contributed by atoms with Crippen LogP contribution in [0.25, 0.3) is 0 Å². The second kappa shape index (κ2) is 7.24. The van der Waals surface area contributed by atoms with Gasteiger partial charge in [-0.3, -0.25) is 24.3 Å². The van der Waals surface area contributed by atoms with Gasteiger partial charge in [-0.25, -0.2) is 9.79 Å². The Labute approximate surface area is 181 Å². The first-order chi connectivity index (χ1) is 15.0. The van der Waals surface area contributed by atoms with Crippen LogP contribution in [0.5, 0.6) is 0 Å². The van der Waals surface area contributed by atoms with Gasteiger partial charge in [-0.05, 0) is 38.1 Å². The van der Waals surface area contributed by atoms with Crippen LogP contribution in [-0.4, -0.2) is 71.5 Å². The Hall–Kier alpha value is -3.57. The molecule has 0 saturated carbocycles. The van der Waals surface area contributed by atoms with Crippen LogP contribution in [0.3, 0.4) is 0 Å². The van der Waals surface area contributed by atoms with Gasteiger partial charge in [0.2, 0.25) is 5.96 Å². The highest BCUT2D eigenvalue weighted by Crippen LogP contribution is 2.40. The molecule has 1 fully saturated rings. The largest absolute Gasteiger partial charge is 0.468 e. The summed E-state index contributed by atoms with van der Waals surface area (Å²) in [6.07, 6.45) is -5.31. The number of guanidine groups is 1. The number of nitrogens with zero attached hydrogens (tertiary/aromatic N) is 5. The van der Waals surface area contributed by atoms with Crippen molar-refractivity contribution in [1.29, 1.82) is 0 Å². The first-order valence-corrected chi connectivity index (χ1v) is 9.64. The third kappa shape index (κ3) is 3.09. The Bertz CT molecular complexity index is 1070. The lowest BCUT2D eigenvalue weighted by Gasteiger charge is -2.40. The Morgan fingerprint density at radius 2 is 1.75 bits per heavy atom. The van der Waals surface area contributed by atoms with E-state index in [0.29, 0.717) is 23.0 Å². The van der Waals surface area contributed by atoms with E-state index in [4.69, 9.17) is 0 Å². The number of halogens is 3. The molecular weight excluding hydrogens is 431 g/mol. The second-order valence-corrected chi connectivity index (χ2v) is 7.60. The molecule has 12 heteroatoms. The van der Waals surface area contributed by atoms with Crippen LogP contribution in [0.4, 0.5) is 23.7 Å². The SMILES string of the molecule is COC(=O)CN1C(=O)C2C(N=C3N(c4ccc(C(F)(F)F)cc4)C(C)=C(C)N32)N(C)C1=O. The van der Waals surface area contributed by atoms with E-state index in [0.717, 1.165) is 24.1 Å². The summed E-state index contributed by atoms with van der Waals surface area (Å²) in [5.74, 6) is -1.03. The summed E-state index contributed by atoms with van der Waals surface area (Å²) in [4.78, 5) is 47.5. The number of likely N-dealkylation sites (N-methyl/N-ethyl adjacent to an activating group) is 1. The maximum Gasteiger partial charge on any atom is 0.416 e. The standard InChI is InChI=1S/C20H20F3N5O4/c1-10-11(2)28-15-16(25(3)19(31)26(17(15)30)9-14(29)32-4)24-18(28)27(10)13-7-5-12(6-8-13)20(21,22)23/h5-8,15-16H,9H2,1-4H3. The number of anilines is 1. The molecule has 3 amide bonds. The number of fused-ring (bicyclic) bond motifs is 3. The van der Waals surface area contributed by atoms with Crippen molar-refractivity contribution in [2.45, 2.75) is 32.2 Å². The van der Waals surface area contributed by atoms with Crippen LogP contribution in [0.1, 0.15) is 19.4 Å². The summed E-state index contributed by atoms with van der Waals surface area (Å²) in [5, 5.41) is 0. The molecule has 0 N–H and O–H groups in total. The van der Waals surface area contributed by atoms with Gasteiger partial charge < -0.3 is 9.64 Å². The average Bonchev–Trinajstić information content (AvgIpc) is 3.24. The Balaban J connectivity index is 1.71. The van der Waals surface area contributed by atoms with Crippen molar-refractivity contribution in [1.82, 2.24) is 14.7 Å². The predicted octanol–water partition coefficient (Wildman–Crippen LogP) is 2.21. The second-order valence-electron chi connectivity index (χ2n) is 7.60. The number of benzene rings is 1. The molecule has 3 heterocycles. The number of hydrogen-bond donors (Lipinski definition) is 0.